The smallest absolute Gasteiger partial charge is 0.211 e. The monoisotopic (exact) mass is 269 g/mol. The van der Waals surface area contributed by atoms with Crippen molar-refractivity contribution in [3.05, 3.63) is 0 Å². The lowest BCUT2D eigenvalue weighted by atomic mass is 10.1. The number of alkyl halides is 1. The summed E-state index contributed by atoms with van der Waals surface area (Å²) in [6, 6.07) is 0. The second-order valence-corrected chi connectivity index (χ2v) is 6.54. The Kier molecular flexibility index (Phi) is 6.03. The van der Waals surface area contributed by atoms with Crippen molar-refractivity contribution in [1.29, 1.82) is 0 Å². The van der Waals surface area contributed by atoms with Crippen LogP contribution in [-0.2, 0) is 14.8 Å². The fourth-order valence-electron chi connectivity index (χ4n) is 1.67. The van der Waals surface area contributed by atoms with E-state index in [2.05, 4.69) is 4.72 Å². The van der Waals surface area contributed by atoms with Gasteiger partial charge >= 0.3 is 0 Å². The lowest BCUT2D eigenvalue weighted by Crippen LogP contribution is -2.37. The molecule has 1 fully saturated rings. The van der Waals surface area contributed by atoms with Gasteiger partial charge < -0.3 is 4.74 Å². The number of halogens is 1. The molecule has 1 saturated heterocycles. The van der Waals surface area contributed by atoms with Gasteiger partial charge in [-0.3, -0.25) is 0 Å². The first kappa shape index (κ1) is 14.2. The van der Waals surface area contributed by atoms with Crippen molar-refractivity contribution in [3.8, 4) is 0 Å². The third kappa shape index (κ3) is 5.48. The molecule has 1 aliphatic heterocycles. The van der Waals surface area contributed by atoms with Crippen LogP contribution in [0.1, 0.15) is 26.2 Å². The topological polar surface area (TPSA) is 55.4 Å². The standard InChI is InChI=1S/C10H20ClNO3S/c1-9(6-11)8-16(13,14)12-7-10-4-2-3-5-15-10/h9-10,12H,2-8H2,1H3. The second kappa shape index (κ2) is 6.79. The molecule has 1 aliphatic rings. The van der Waals surface area contributed by atoms with Crippen LogP contribution >= 0.6 is 11.6 Å². The van der Waals surface area contributed by atoms with Crippen molar-refractivity contribution in [2.45, 2.75) is 32.3 Å². The first-order chi connectivity index (χ1) is 7.53. The summed E-state index contributed by atoms with van der Waals surface area (Å²) < 4.78 is 31.3. The minimum atomic E-state index is -3.21. The van der Waals surface area contributed by atoms with Crippen molar-refractivity contribution >= 4 is 21.6 Å². The minimum Gasteiger partial charge on any atom is -0.377 e. The number of ether oxygens (including phenoxy) is 1. The van der Waals surface area contributed by atoms with Crippen molar-refractivity contribution in [2.75, 3.05) is 24.8 Å². The van der Waals surface area contributed by atoms with E-state index in [4.69, 9.17) is 16.3 Å². The molecule has 0 aromatic carbocycles. The van der Waals surface area contributed by atoms with Crippen LogP contribution in [0.5, 0.6) is 0 Å². The number of rotatable bonds is 6. The molecule has 6 heteroatoms. The Labute approximate surface area is 103 Å². The molecule has 2 unspecified atom stereocenters. The highest BCUT2D eigenvalue weighted by molar-refractivity contribution is 7.89. The van der Waals surface area contributed by atoms with E-state index >= 15 is 0 Å². The summed E-state index contributed by atoms with van der Waals surface area (Å²) in [5.74, 6) is 0.427. The Morgan fingerprint density at radius 3 is 2.81 bits per heavy atom. The van der Waals surface area contributed by atoms with Crippen LogP contribution in [0.4, 0.5) is 0 Å². The quantitative estimate of drug-likeness (QED) is 0.741. The number of hydrogen-bond donors (Lipinski definition) is 1. The van der Waals surface area contributed by atoms with Crippen LogP contribution in [0.15, 0.2) is 0 Å². The van der Waals surface area contributed by atoms with Gasteiger partial charge in [0.05, 0.1) is 11.9 Å². The summed E-state index contributed by atoms with van der Waals surface area (Å²) in [4.78, 5) is 0. The Hall–Kier alpha value is 0.160. The van der Waals surface area contributed by atoms with Crippen molar-refractivity contribution in [3.63, 3.8) is 0 Å². The molecule has 0 amide bonds. The zero-order valence-electron chi connectivity index (χ0n) is 9.62. The molecule has 0 saturated carbocycles. The van der Waals surface area contributed by atoms with E-state index in [1.807, 2.05) is 6.92 Å². The molecule has 2 atom stereocenters. The van der Waals surface area contributed by atoms with Gasteiger partial charge in [-0.2, -0.15) is 0 Å². The summed E-state index contributed by atoms with van der Waals surface area (Å²) in [5.41, 5.74) is 0. The zero-order valence-corrected chi connectivity index (χ0v) is 11.2. The Balaban J connectivity index is 2.29. The van der Waals surface area contributed by atoms with Gasteiger partial charge in [-0.05, 0) is 25.2 Å². The molecule has 0 aromatic heterocycles. The van der Waals surface area contributed by atoms with E-state index < -0.39 is 10.0 Å². The number of hydrogen-bond acceptors (Lipinski definition) is 3. The van der Waals surface area contributed by atoms with E-state index in [0.717, 1.165) is 25.9 Å². The fourth-order valence-corrected chi connectivity index (χ4v) is 3.33. The molecule has 0 spiro atoms. The summed E-state index contributed by atoms with van der Waals surface area (Å²) >= 11 is 5.59. The molecule has 1 N–H and O–H groups in total. The minimum absolute atomic E-state index is 0.0218. The van der Waals surface area contributed by atoms with Gasteiger partial charge in [-0.25, -0.2) is 13.1 Å². The van der Waals surface area contributed by atoms with Gasteiger partial charge in [0.1, 0.15) is 0 Å². The van der Waals surface area contributed by atoms with Gasteiger partial charge in [0.15, 0.2) is 0 Å². The first-order valence-corrected chi connectivity index (χ1v) is 7.87. The maximum absolute atomic E-state index is 11.6. The molecule has 0 aromatic rings. The van der Waals surface area contributed by atoms with Gasteiger partial charge in [-0.1, -0.05) is 6.92 Å². The molecule has 1 rings (SSSR count). The average Bonchev–Trinajstić information content (AvgIpc) is 2.27. The maximum Gasteiger partial charge on any atom is 0.211 e. The molecule has 0 radical (unpaired) electrons. The van der Waals surface area contributed by atoms with Gasteiger partial charge in [0.25, 0.3) is 0 Å². The molecule has 4 nitrogen and oxygen atoms in total. The van der Waals surface area contributed by atoms with Crippen LogP contribution in [0.3, 0.4) is 0 Å². The first-order valence-electron chi connectivity index (χ1n) is 5.68. The molecule has 0 aliphatic carbocycles. The lowest BCUT2D eigenvalue weighted by Gasteiger charge is -2.23. The summed E-state index contributed by atoms with van der Waals surface area (Å²) in [7, 11) is -3.21. The third-order valence-corrected chi connectivity index (χ3v) is 4.71. The predicted octanol–water partition coefficient (Wildman–Crippen LogP) is 1.35. The van der Waals surface area contributed by atoms with Crippen molar-refractivity contribution in [2.24, 2.45) is 5.92 Å². The van der Waals surface area contributed by atoms with Crippen LogP contribution in [0.25, 0.3) is 0 Å². The summed E-state index contributed by atoms with van der Waals surface area (Å²) in [5, 5.41) is 0. The highest BCUT2D eigenvalue weighted by Crippen LogP contribution is 2.12. The lowest BCUT2D eigenvalue weighted by molar-refractivity contribution is 0.0200. The number of nitrogens with one attached hydrogen (secondary N) is 1. The highest BCUT2D eigenvalue weighted by atomic mass is 35.5. The largest absolute Gasteiger partial charge is 0.377 e. The van der Waals surface area contributed by atoms with Gasteiger partial charge in [0.2, 0.25) is 10.0 Å². The van der Waals surface area contributed by atoms with Gasteiger partial charge in [0, 0.05) is 19.0 Å². The normalized spacial score (nSPS) is 24.2. The molecule has 96 valence electrons. The average molecular weight is 270 g/mol. The van der Waals surface area contributed by atoms with E-state index in [1.165, 1.54) is 0 Å². The van der Waals surface area contributed by atoms with Crippen molar-refractivity contribution < 1.29 is 13.2 Å². The SMILES string of the molecule is CC(CCl)CS(=O)(=O)NCC1CCCCO1. The molecular weight excluding hydrogens is 250 g/mol. The van der Waals surface area contributed by atoms with E-state index in [0.29, 0.717) is 12.4 Å². The Bertz CT molecular complexity index is 288. The van der Waals surface area contributed by atoms with Crippen LogP contribution in [0, 0.1) is 5.92 Å². The van der Waals surface area contributed by atoms with Crippen molar-refractivity contribution in [1.82, 2.24) is 4.72 Å². The Morgan fingerprint density at radius 1 is 1.50 bits per heavy atom. The third-order valence-electron chi connectivity index (χ3n) is 2.57. The van der Waals surface area contributed by atoms with E-state index in [1.54, 1.807) is 0 Å². The second-order valence-electron chi connectivity index (χ2n) is 4.38. The molecule has 1 heterocycles. The zero-order chi connectivity index (χ0) is 12.0. The van der Waals surface area contributed by atoms with Crippen LogP contribution < -0.4 is 4.72 Å². The summed E-state index contributed by atoms with van der Waals surface area (Å²) in [6.45, 7) is 2.95. The van der Waals surface area contributed by atoms with Crippen LogP contribution in [0.2, 0.25) is 0 Å². The van der Waals surface area contributed by atoms with E-state index in [9.17, 15) is 8.42 Å². The van der Waals surface area contributed by atoms with Crippen LogP contribution in [-0.4, -0.2) is 39.3 Å². The summed E-state index contributed by atoms with van der Waals surface area (Å²) in [6.07, 6.45) is 3.17. The van der Waals surface area contributed by atoms with E-state index in [-0.39, 0.29) is 17.8 Å². The Morgan fingerprint density at radius 2 is 2.25 bits per heavy atom. The van der Waals surface area contributed by atoms with Gasteiger partial charge in [-0.15, -0.1) is 11.6 Å². The molecule has 16 heavy (non-hydrogen) atoms. The highest BCUT2D eigenvalue weighted by Gasteiger charge is 2.19. The fraction of sp³-hybridized carbons (Fsp3) is 1.00. The molecular formula is C10H20ClNO3S. The molecule has 0 bridgehead atoms. The predicted molar refractivity (Wildman–Crippen MR) is 65.3 cm³/mol. The maximum atomic E-state index is 11.6. The number of sulfonamides is 1.